The van der Waals surface area contributed by atoms with E-state index in [2.05, 4.69) is 20.8 Å². The molecule has 0 saturated heterocycles. The number of aryl methyl sites for hydroxylation is 1. The molecule has 0 saturated carbocycles. The van der Waals surface area contributed by atoms with E-state index < -0.39 is 16.1 Å². The molecule has 0 amide bonds. The lowest BCUT2D eigenvalue weighted by molar-refractivity contribution is 0.166. The van der Waals surface area contributed by atoms with E-state index >= 15 is 0 Å². The smallest absolute Gasteiger partial charge is 0.264 e. The summed E-state index contributed by atoms with van der Waals surface area (Å²) in [6, 6.07) is 12.6. The molecule has 0 spiro atoms. The van der Waals surface area contributed by atoms with E-state index in [4.69, 9.17) is 0 Å². The van der Waals surface area contributed by atoms with E-state index in [0.717, 1.165) is 11.1 Å². The predicted octanol–water partition coefficient (Wildman–Crippen LogP) is 3.92. The predicted molar refractivity (Wildman–Crippen MR) is 100 cm³/mol. The fourth-order valence-electron chi connectivity index (χ4n) is 3.19. The minimum atomic E-state index is -3.65. The topological polar surface area (TPSA) is 57.6 Å². The Morgan fingerprint density at radius 1 is 1.08 bits per heavy atom. The van der Waals surface area contributed by atoms with Crippen molar-refractivity contribution in [3.05, 3.63) is 59.2 Å². The molecule has 1 aliphatic rings. The van der Waals surface area contributed by atoms with Crippen LogP contribution in [-0.4, -0.2) is 20.1 Å². The van der Waals surface area contributed by atoms with Crippen LogP contribution in [0.25, 0.3) is 0 Å². The highest BCUT2D eigenvalue weighted by molar-refractivity contribution is 7.92. The van der Waals surface area contributed by atoms with Crippen molar-refractivity contribution in [2.45, 2.75) is 50.5 Å². The standard InChI is InChI=1S/C20H25NO3S/c1-14-5-10-18-17(13-14)19(22)11-12-21(18)25(23,24)16-8-6-15(7-9-16)20(2,3)4/h5-10,13,19,22H,11-12H2,1-4H3. The van der Waals surface area contributed by atoms with E-state index in [-0.39, 0.29) is 16.9 Å². The number of fused-ring (bicyclic) bond motifs is 1. The Bertz CT molecular complexity index is 880. The van der Waals surface area contributed by atoms with E-state index in [1.165, 1.54) is 4.31 Å². The zero-order valence-electron chi connectivity index (χ0n) is 15.2. The van der Waals surface area contributed by atoms with Gasteiger partial charge in [0.2, 0.25) is 0 Å². The molecule has 25 heavy (non-hydrogen) atoms. The summed E-state index contributed by atoms with van der Waals surface area (Å²) in [6.45, 7) is 8.51. The maximum atomic E-state index is 13.1. The van der Waals surface area contributed by atoms with Gasteiger partial charge in [0.05, 0.1) is 16.7 Å². The van der Waals surface area contributed by atoms with Crippen LogP contribution in [0, 0.1) is 6.92 Å². The van der Waals surface area contributed by atoms with Gasteiger partial charge >= 0.3 is 0 Å². The van der Waals surface area contributed by atoms with Crippen LogP contribution >= 0.6 is 0 Å². The summed E-state index contributed by atoms with van der Waals surface area (Å²) in [5, 5.41) is 10.2. The van der Waals surface area contributed by atoms with Crippen molar-refractivity contribution in [1.82, 2.24) is 0 Å². The van der Waals surface area contributed by atoms with Gasteiger partial charge in [-0.1, -0.05) is 50.6 Å². The maximum absolute atomic E-state index is 13.1. The third-order valence-corrected chi connectivity index (χ3v) is 6.55. The molecule has 2 aromatic rings. The molecule has 1 atom stereocenters. The Kier molecular flexibility index (Phi) is 4.41. The molecule has 1 heterocycles. The Morgan fingerprint density at radius 2 is 1.72 bits per heavy atom. The molecule has 1 aliphatic heterocycles. The monoisotopic (exact) mass is 359 g/mol. The molecule has 0 fully saturated rings. The second-order valence-corrected chi connectivity index (χ2v) is 9.58. The minimum absolute atomic E-state index is 0.0261. The van der Waals surface area contributed by atoms with Gasteiger partial charge in [0.25, 0.3) is 10.0 Å². The van der Waals surface area contributed by atoms with Crippen molar-refractivity contribution in [3.63, 3.8) is 0 Å². The molecule has 1 N–H and O–H groups in total. The van der Waals surface area contributed by atoms with Crippen LogP contribution in [0.15, 0.2) is 47.4 Å². The van der Waals surface area contributed by atoms with Crippen molar-refractivity contribution in [2.75, 3.05) is 10.8 Å². The van der Waals surface area contributed by atoms with Crippen LogP contribution in [0.1, 0.15) is 50.0 Å². The molecule has 5 heteroatoms. The Morgan fingerprint density at radius 3 is 2.32 bits per heavy atom. The fourth-order valence-corrected chi connectivity index (χ4v) is 4.69. The van der Waals surface area contributed by atoms with Crippen LogP contribution in [-0.2, 0) is 15.4 Å². The normalized spacial score (nSPS) is 18.1. The third kappa shape index (κ3) is 3.31. The van der Waals surface area contributed by atoms with Gasteiger partial charge in [-0.3, -0.25) is 4.31 Å². The molecule has 4 nitrogen and oxygen atoms in total. The molecular weight excluding hydrogens is 334 g/mol. The molecular formula is C20H25NO3S. The summed E-state index contributed by atoms with van der Waals surface area (Å²) in [7, 11) is -3.65. The Labute approximate surface area is 150 Å². The van der Waals surface area contributed by atoms with Gasteiger partial charge in [0, 0.05) is 12.1 Å². The number of aliphatic hydroxyl groups excluding tert-OH is 1. The van der Waals surface area contributed by atoms with Crippen molar-refractivity contribution in [2.24, 2.45) is 0 Å². The number of hydrogen-bond donors (Lipinski definition) is 1. The molecule has 0 aliphatic carbocycles. The highest BCUT2D eigenvalue weighted by atomic mass is 32.2. The van der Waals surface area contributed by atoms with Gasteiger partial charge < -0.3 is 5.11 Å². The van der Waals surface area contributed by atoms with Gasteiger partial charge in [0.15, 0.2) is 0 Å². The first-order valence-corrected chi connectivity index (χ1v) is 9.96. The van der Waals surface area contributed by atoms with Crippen LogP contribution in [0.5, 0.6) is 0 Å². The van der Waals surface area contributed by atoms with Crippen molar-refractivity contribution < 1.29 is 13.5 Å². The lowest BCUT2D eigenvalue weighted by atomic mass is 9.87. The molecule has 2 aromatic carbocycles. The van der Waals surface area contributed by atoms with Gasteiger partial charge in [-0.2, -0.15) is 0 Å². The fraction of sp³-hybridized carbons (Fsp3) is 0.400. The van der Waals surface area contributed by atoms with E-state index in [9.17, 15) is 13.5 Å². The molecule has 134 valence electrons. The number of sulfonamides is 1. The number of aliphatic hydroxyl groups is 1. The Hall–Kier alpha value is -1.85. The lowest BCUT2D eigenvalue weighted by Crippen LogP contribution is -2.36. The number of anilines is 1. The maximum Gasteiger partial charge on any atom is 0.264 e. The molecule has 1 unspecified atom stereocenters. The zero-order chi connectivity index (χ0) is 18.4. The zero-order valence-corrected chi connectivity index (χ0v) is 16.0. The average molecular weight is 359 g/mol. The lowest BCUT2D eigenvalue weighted by Gasteiger charge is -2.33. The first kappa shape index (κ1) is 18.0. The summed E-state index contributed by atoms with van der Waals surface area (Å²) in [6.07, 6.45) is -0.222. The number of hydrogen-bond acceptors (Lipinski definition) is 3. The summed E-state index contributed by atoms with van der Waals surface area (Å²) in [5.41, 5.74) is 3.33. The summed E-state index contributed by atoms with van der Waals surface area (Å²) < 4.78 is 27.7. The largest absolute Gasteiger partial charge is 0.388 e. The Balaban J connectivity index is 2.03. The van der Waals surface area contributed by atoms with Gasteiger partial charge in [0.1, 0.15) is 0 Å². The van der Waals surface area contributed by atoms with E-state index in [1.54, 1.807) is 18.2 Å². The van der Waals surface area contributed by atoms with Gasteiger partial charge in [-0.15, -0.1) is 0 Å². The second kappa shape index (κ2) is 6.15. The molecule has 3 rings (SSSR count). The second-order valence-electron chi connectivity index (χ2n) is 7.72. The van der Waals surface area contributed by atoms with Crippen molar-refractivity contribution in [3.8, 4) is 0 Å². The highest BCUT2D eigenvalue weighted by Gasteiger charge is 2.32. The highest BCUT2D eigenvalue weighted by Crippen LogP contribution is 2.37. The molecule has 0 bridgehead atoms. The third-order valence-electron chi connectivity index (χ3n) is 4.72. The van der Waals surface area contributed by atoms with Gasteiger partial charge in [-0.05, 0) is 42.5 Å². The van der Waals surface area contributed by atoms with Gasteiger partial charge in [-0.25, -0.2) is 8.42 Å². The number of benzene rings is 2. The summed E-state index contributed by atoms with van der Waals surface area (Å²) >= 11 is 0. The van der Waals surface area contributed by atoms with Crippen LogP contribution in [0.4, 0.5) is 5.69 Å². The van der Waals surface area contributed by atoms with Crippen LogP contribution in [0.3, 0.4) is 0 Å². The molecule has 0 aromatic heterocycles. The van der Waals surface area contributed by atoms with Crippen LogP contribution in [0.2, 0.25) is 0 Å². The molecule has 0 radical (unpaired) electrons. The average Bonchev–Trinajstić information content (AvgIpc) is 2.55. The van der Waals surface area contributed by atoms with Crippen LogP contribution < -0.4 is 4.31 Å². The van der Waals surface area contributed by atoms with Crippen molar-refractivity contribution in [1.29, 1.82) is 0 Å². The summed E-state index contributed by atoms with van der Waals surface area (Å²) in [5.74, 6) is 0. The minimum Gasteiger partial charge on any atom is -0.388 e. The first-order valence-electron chi connectivity index (χ1n) is 8.52. The van der Waals surface area contributed by atoms with E-state index in [0.29, 0.717) is 17.7 Å². The SMILES string of the molecule is Cc1ccc2c(c1)C(O)CCN2S(=O)(=O)c1ccc(C(C)(C)C)cc1. The van der Waals surface area contributed by atoms with Crippen molar-refractivity contribution >= 4 is 15.7 Å². The first-order chi connectivity index (χ1) is 11.6. The number of rotatable bonds is 2. The number of nitrogens with zero attached hydrogens (tertiary/aromatic N) is 1. The van der Waals surface area contributed by atoms with E-state index in [1.807, 2.05) is 31.2 Å². The quantitative estimate of drug-likeness (QED) is 0.884. The summed E-state index contributed by atoms with van der Waals surface area (Å²) in [4.78, 5) is 0.281.